The minimum Gasteiger partial charge on any atom is -0.377 e. The molecule has 1 fully saturated rings. The molecule has 0 aromatic heterocycles. The molecule has 0 aromatic carbocycles. The zero-order valence-electron chi connectivity index (χ0n) is 13.4. The minimum atomic E-state index is 0. The average molecular weight is 274 g/mol. The van der Waals surface area contributed by atoms with Gasteiger partial charge in [-0.1, -0.05) is 13.8 Å². The van der Waals surface area contributed by atoms with Crippen molar-refractivity contribution in [2.24, 2.45) is 5.92 Å². The van der Waals surface area contributed by atoms with E-state index in [4.69, 9.17) is 4.74 Å². The highest BCUT2D eigenvalue weighted by Crippen LogP contribution is 2.18. The number of nitrogens with zero attached hydrogens (tertiary/aromatic N) is 1. The second-order valence-corrected chi connectivity index (χ2v) is 5.22. The Morgan fingerprint density at radius 1 is 1.37 bits per heavy atom. The molecule has 1 aliphatic rings. The van der Waals surface area contributed by atoms with E-state index >= 15 is 0 Å². The van der Waals surface area contributed by atoms with Crippen molar-refractivity contribution < 1.29 is 11.0 Å². The molecule has 1 heterocycles. The van der Waals surface area contributed by atoms with Crippen LogP contribution in [-0.2, 0) is 9.53 Å². The van der Waals surface area contributed by atoms with Crippen LogP contribution in [0.5, 0.6) is 0 Å². The summed E-state index contributed by atoms with van der Waals surface area (Å²) >= 11 is 0. The van der Waals surface area contributed by atoms with Crippen LogP contribution in [0.25, 0.3) is 0 Å². The molecule has 0 unspecified atom stereocenters. The van der Waals surface area contributed by atoms with Gasteiger partial charge in [-0.25, -0.2) is 0 Å². The van der Waals surface area contributed by atoms with Crippen LogP contribution >= 0.6 is 0 Å². The van der Waals surface area contributed by atoms with Crippen molar-refractivity contribution in [3.8, 4) is 0 Å². The Balaban J connectivity index is 0. The average Bonchev–Trinajstić information content (AvgIpc) is 2.40. The van der Waals surface area contributed by atoms with Gasteiger partial charge >= 0.3 is 0 Å². The van der Waals surface area contributed by atoms with Gasteiger partial charge in [-0.2, -0.15) is 0 Å². The van der Waals surface area contributed by atoms with Gasteiger partial charge in [0.25, 0.3) is 0 Å². The highest BCUT2D eigenvalue weighted by molar-refractivity contribution is 5.76. The summed E-state index contributed by atoms with van der Waals surface area (Å²) in [5, 5.41) is 2.92. The fourth-order valence-corrected chi connectivity index (χ4v) is 2.09. The number of likely N-dealkylation sites (tertiary alicyclic amines) is 1. The van der Waals surface area contributed by atoms with E-state index in [0.29, 0.717) is 25.5 Å². The molecule has 1 aliphatic heterocycles. The SMILES string of the molecule is CC.CC(C)OCCNC(=O)CC1CCN(C)CC1.[HH]. The maximum atomic E-state index is 11.7. The van der Waals surface area contributed by atoms with Crippen molar-refractivity contribution in [2.45, 2.75) is 53.1 Å². The zero-order valence-corrected chi connectivity index (χ0v) is 13.4. The lowest BCUT2D eigenvalue weighted by molar-refractivity contribution is -0.122. The molecule has 19 heavy (non-hydrogen) atoms. The molecule has 4 nitrogen and oxygen atoms in total. The molecule has 1 N–H and O–H groups in total. The Kier molecular flexibility index (Phi) is 10.9. The third kappa shape index (κ3) is 9.91. The summed E-state index contributed by atoms with van der Waals surface area (Å²) in [6, 6.07) is 0. The number of hydrogen-bond donors (Lipinski definition) is 1. The Bertz CT molecular complexity index is 230. The summed E-state index contributed by atoms with van der Waals surface area (Å²) < 4.78 is 5.37. The number of carbonyl (C=O) groups is 1. The molecule has 0 aromatic rings. The lowest BCUT2D eigenvalue weighted by Gasteiger charge is -2.28. The standard InChI is InChI=1S/C13H26N2O2.C2H6.H2/c1-11(2)17-9-6-14-13(16)10-12-4-7-15(3)8-5-12;1-2;/h11-12H,4-10H2,1-3H3,(H,14,16);1-2H3;1H. The third-order valence-corrected chi connectivity index (χ3v) is 3.19. The maximum absolute atomic E-state index is 11.7. The van der Waals surface area contributed by atoms with Gasteiger partial charge in [0.1, 0.15) is 0 Å². The number of carbonyl (C=O) groups excluding carboxylic acids is 1. The molecule has 4 heteroatoms. The largest absolute Gasteiger partial charge is 0.377 e. The predicted octanol–water partition coefficient (Wildman–Crippen LogP) is 2.53. The van der Waals surface area contributed by atoms with Crippen molar-refractivity contribution in [2.75, 3.05) is 33.3 Å². The summed E-state index contributed by atoms with van der Waals surface area (Å²) in [5.41, 5.74) is 0. The van der Waals surface area contributed by atoms with Crippen molar-refractivity contribution in [1.29, 1.82) is 0 Å². The topological polar surface area (TPSA) is 41.6 Å². The lowest BCUT2D eigenvalue weighted by atomic mass is 9.93. The maximum Gasteiger partial charge on any atom is 0.220 e. The van der Waals surface area contributed by atoms with E-state index in [1.54, 1.807) is 0 Å². The van der Waals surface area contributed by atoms with E-state index in [0.717, 1.165) is 25.9 Å². The van der Waals surface area contributed by atoms with Gasteiger partial charge < -0.3 is 15.0 Å². The molecular formula is C15H34N2O2. The number of nitrogens with one attached hydrogen (secondary N) is 1. The van der Waals surface area contributed by atoms with Crippen LogP contribution in [0.3, 0.4) is 0 Å². The smallest absolute Gasteiger partial charge is 0.220 e. The number of hydrogen-bond acceptors (Lipinski definition) is 3. The van der Waals surface area contributed by atoms with Crippen molar-refractivity contribution in [1.82, 2.24) is 10.2 Å². The molecule has 0 bridgehead atoms. The second kappa shape index (κ2) is 11.2. The first kappa shape index (κ1) is 18.4. The zero-order chi connectivity index (χ0) is 14.7. The number of rotatable bonds is 6. The van der Waals surface area contributed by atoms with Gasteiger partial charge in [-0.05, 0) is 52.7 Å². The first-order valence-corrected chi connectivity index (χ1v) is 7.64. The van der Waals surface area contributed by atoms with Crippen LogP contribution < -0.4 is 5.32 Å². The van der Waals surface area contributed by atoms with E-state index < -0.39 is 0 Å². The monoisotopic (exact) mass is 274 g/mol. The molecule has 0 spiro atoms. The Morgan fingerprint density at radius 3 is 2.47 bits per heavy atom. The van der Waals surface area contributed by atoms with E-state index in [1.807, 2.05) is 27.7 Å². The summed E-state index contributed by atoms with van der Waals surface area (Å²) in [5.74, 6) is 0.740. The summed E-state index contributed by atoms with van der Waals surface area (Å²) in [7, 11) is 2.14. The second-order valence-electron chi connectivity index (χ2n) is 5.22. The predicted molar refractivity (Wildman–Crippen MR) is 82.4 cm³/mol. The Hall–Kier alpha value is -0.610. The number of amides is 1. The van der Waals surface area contributed by atoms with Crippen LogP contribution in [0.4, 0.5) is 0 Å². The van der Waals surface area contributed by atoms with Crippen LogP contribution in [-0.4, -0.2) is 50.2 Å². The summed E-state index contributed by atoms with van der Waals surface area (Å²) in [6.45, 7) is 11.5. The molecular weight excluding hydrogens is 240 g/mol. The fourth-order valence-electron chi connectivity index (χ4n) is 2.09. The third-order valence-electron chi connectivity index (χ3n) is 3.19. The van der Waals surface area contributed by atoms with E-state index in [1.165, 1.54) is 0 Å². The first-order valence-electron chi connectivity index (χ1n) is 7.64. The Morgan fingerprint density at radius 2 is 1.95 bits per heavy atom. The molecule has 116 valence electrons. The van der Waals surface area contributed by atoms with E-state index in [2.05, 4.69) is 17.3 Å². The quantitative estimate of drug-likeness (QED) is 0.757. The molecule has 0 saturated carbocycles. The van der Waals surface area contributed by atoms with Gasteiger partial charge in [0.05, 0.1) is 12.7 Å². The minimum absolute atomic E-state index is 0. The molecule has 1 amide bonds. The Labute approximate surface area is 120 Å². The van der Waals surface area contributed by atoms with Crippen molar-refractivity contribution in [3.05, 3.63) is 0 Å². The highest BCUT2D eigenvalue weighted by Gasteiger charge is 2.19. The van der Waals surface area contributed by atoms with Gasteiger partial charge in [0.2, 0.25) is 5.91 Å². The number of ether oxygens (including phenoxy) is 1. The first-order chi connectivity index (χ1) is 9.08. The van der Waals surface area contributed by atoms with Gasteiger partial charge in [0, 0.05) is 14.4 Å². The van der Waals surface area contributed by atoms with Gasteiger partial charge in [-0.15, -0.1) is 0 Å². The van der Waals surface area contributed by atoms with Crippen LogP contribution in [0.15, 0.2) is 0 Å². The molecule has 0 radical (unpaired) electrons. The van der Waals surface area contributed by atoms with Crippen molar-refractivity contribution >= 4 is 5.91 Å². The van der Waals surface area contributed by atoms with Gasteiger partial charge in [0.15, 0.2) is 0 Å². The molecule has 0 atom stereocenters. The number of piperidine rings is 1. The van der Waals surface area contributed by atoms with Gasteiger partial charge in [-0.3, -0.25) is 4.79 Å². The highest BCUT2D eigenvalue weighted by atomic mass is 16.5. The van der Waals surface area contributed by atoms with E-state index in [9.17, 15) is 4.79 Å². The normalized spacial score (nSPS) is 16.9. The van der Waals surface area contributed by atoms with Crippen molar-refractivity contribution in [3.63, 3.8) is 0 Å². The van der Waals surface area contributed by atoms with E-state index in [-0.39, 0.29) is 13.4 Å². The van der Waals surface area contributed by atoms with Crippen LogP contribution in [0, 0.1) is 5.92 Å². The molecule has 1 rings (SSSR count). The summed E-state index contributed by atoms with van der Waals surface area (Å²) in [4.78, 5) is 14.0. The summed E-state index contributed by atoms with van der Waals surface area (Å²) in [6.07, 6.45) is 3.20. The molecule has 1 saturated heterocycles. The molecule has 0 aliphatic carbocycles. The fraction of sp³-hybridized carbons (Fsp3) is 0.933. The van der Waals surface area contributed by atoms with Crippen LogP contribution in [0.1, 0.15) is 48.4 Å². The lowest BCUT2D eigenvalue weighted by Crippen LogP contribution is -2.34. The van der Waals surface area contributed by atoms with Crippen LogP contribution in [0.2, 0.25) is 0 Å².